The van der Waals surface area contributed by atoms with Crippen molar-refractivity contribution in [2.24, 2.45) is 113 Å². The SMILES string of the molecule is C=C(C)[C@@H]1CC[C@]2(C(=O)O)CC[C@]3(C)C(CCC4[C@@]5(C)CC[C@H](O[C@@H]6OC[C@H](OC(C)=O)[C@H](OC(C)=O)[C@H]6O[C@@H]6O[C@@H](C)[C@H](OC(C)=O)[C@@H](OC(C)=O)[C@H]6OC(C)=O)[C@@](C)(COC(C)=O)C5CC[C@]43C)C12.C=C(C)[C@@H]1CC[C@]2(C(=O)OC(C)=O)CC[C@]3(C)C(CCC4[C@@]5(C)CC[C@H](O[C@@H]6OC[C@H](OC(C)=O)[C@H](OC(C)=O)[C@H]6O[C@@H]6O[C@@H](C)[C@H](OC(C)=O)[C@@H](OC(C)=O)[C@H]6OC(C)=O)[C@@](C)(COC(C)=O)C5CC[C@]43C)C12. The first-order valence-electron chi connectivity index (χ1n) is 52.1. The van der Waals surface area contributed by atoms with Gasteiger partial charge in [-0.25, -0.2) is 0 Å². The lowest BCUT2D eigenvalue weighted by Crippen LogP contribution is -2.68. The Morgan fingerprint density at radius 1 is 0.303 bits per heavy atom. The molecule has 145 heavy (non-hydrogen) atoms. The Morgan fingerprint density at radius 2 is 0.628 bits per heavy atom. The van der Waals surface area contributed by atoms with Crippen molar-refractivity contribution in [2.75, 3.05) is 26.4 Å². The minimum absolute atomic E-state index is 0.000793. The van der Waals surface area contributed by atoms with E-state index in [1.807, 2.05) is 0 Å². The van der Waals surface area contributed by atoms with Gasteiger partial charge in [0.25, 0.3) is 0 Å². The molecule has 4 saturated heterocycles. The number of carbonyl (C=O) groups excluding carboxylic acids is 14. The number of rotatable bonds is 26. The van der Waals surface area contributed by atoms with Crippen molar-refractivity contribution >= 4 is 89.5 Å². The molecule has 1 N–H and O–H groups in total. The van der Waals surface area contributed by atoms with E-state index in [1.165, 1.54) is 55.4 Å². The summed E-state index contributed by atoms with van der Waals surface area (Å²) in [6.07, 6.45) is -10.7. The maximum atomic E-state index is 14.1. The summed E-state index contributed by atoms with van der Waals surface area (Å²) >= 11 is 0. The Hall–Kier alpha value is -8.59. The summed E-state index contributed by atoms with van der Waals surface area (Å²) < 4.78 is 127. The van der Waals surface area contributed by atoms with Crippen molar-refractivity contribution in [3.63, 3.8) is 0 Å². The monoisotopic (exact) mass is 2050 g/mol. The van der Waals surface area contributed by atoms with Crippen LogP contribution in [0.25, 0.3) is 0 Å². The topological polar surface area (TPSA) is 470 Å². The van der Waals surface area contributed by atoms with E-state index in [1.54, 1.807) is 13.8 Å². The Bertz CT molecular complexity index is 4930. The van der Waals surface area contributed by atoms with Crippen LogP contribution in [0.1, 0.15) is 302 Å². The van der Waals surface area contributed by atoms with Gasteiger partial charge in [0, 0.05) is 101 Å². The number of carboxylic acid groups (broad SMARTS) is 1. The van der Waals surface area contributed by atoms with Crippen molar-refractivity contribution in [2.45, 2.75) is 424 Å². The fourth-order valence-corrected chi connectivity index (χ4v) is 32.3. The van der Waals surface area contributed by atoms with Crippen molar-refractivity contribution in [1.29, 1.82) is 0 Å². The molecule has 0 aromatic rings. The third kappa shape index (κ3) is 21.4. The van der Waals surface area contributed by atoms with Gasteiger partial charge in [-0.15, -0.1) is 0 Å². The van der Waals surface area contributed by atoms with Crippen molar-refractivity contribution in [3.05, 3.63) is 24.3 Å². The highest BCUT2D eigenvalue weighted by Gasteiger charge is 2.77. The molecule has 4 aliphatic heterocycles. The van der Waals surface area contributed by atoms with Crippen LogP contribution in [0.15, 0.2) is 24.3 Å². The zero-order chi connectivity index (χ0) is 107. The van der Waals surface area contributed by atoms with E-state index in [2.05, 4.69) is 82.4 Å². The van der Waals surface area contributed by atoms with Crippen molar-refractivity contribution in [1.82, 2.24) is 0 Å². The van der Waals surface area contributed by atoms with Gasteiger partial charge >= 0.3 is 89.5 Å². The minimum Gasteiger partial charge on any atom is -0.481 e. The number of hydrogen-bond acceptors (Lipinski definition) is 36. The number of aliphatic carboxylic acids is 1. The predicted molar refractivity (Wildman–Crippen MR) is 507 cm³/mol. The minimum atomic E-state index is -1.60. The highest BCUT2D eigenvalue weighted by molar-refractivity contribution is 5.89. The summed E-state index contributed by atoms with van der Waals surface area (Å²) in [5, 5.41) is 10.9. The summed E-state index contributed by atoms with van der Waals surface area (Å²) in [5.74, 6) is -9.06. The van der Waals surface area contributed by atoms with E-state index in [9.17, 15) is 77.0 Å². The molecule has 10 aliphatic carbocycles. The lowest BCUT2D eigenvalue weighted by atomic mass is 9.32. The van der Waals surface area contributed by atoms with Gasteiger partial charge in [0.15, 0.2) is 98.4 Å². The van der Waals surface area contributed by atoms with Gasteiger partial charge < -0.3 is 105 Å². The van der Waals surface area contributed by atoms with Gasteiger partial charge in [-0.3, -0.25) is 71.9 Å². The molecule has 10 saturated carbocycles. The van der Waals surface area contributed by atoms with Gasteiger partial charge in [0.05, 0.1) is 61.7 Å². The normalized spacial score (nSPS) is 44.0. The van der Waals surface area contributed by atoms with Crippen LogP contribution in [-0.4, -0.2) is 244 Å². The molecular weight excluding hydrogens is 1890 g/mol. The highest BCUT2D eigenvalue weighted by Crippen LogP contribution is 2.81. The molecule has 0 aromatic carbocycles. The van der Waals surface area contributed by atoms with Gasteiger partial charge in [0.1, 0.15) is 0 Å². The third-order valence-electron chi connectivity index (χ3n) is 38.3. The molecule has 37 nitrogen and oxygen atoms in total. The van der Waals surface area contributed by atoms with E-state index in [0.29, 0.717) is 44.9 Å². The third-order valence-corrected chi connectivity index (χ3v) is 38.3. The lowest BCUT2D eigenvalue weighted by molar-refractivity contribution is -0.367. The van der Waals surface area contributed by atoms with Crippen LogP contribution in [0.5, 0.6) is 0 Å². The molecule has 8 unspecified atom stereocenters. The number of fused-ring (bicyclic) bond motifs is 14. The Labute approximate surface area is 850 Å². The van der Waals surface area contributed by atoms with Gasteiger partial charge in [-0.1, -0.05) is 79.7 Å². The summed E-state index contributed by atoms with van der Waals surface area (Å²) in [7, 11) is 0. The number of esters is 14. The van der Waals surface area contributed by atoms with Crippen LogP contribution in [-0.2, 0) is 171 Å². The average molecular weight is 2050 g/mol. The first kappa shape index (κ1) is 114. The molecule has 14 aliphatic rings. The molecule has 0 radical (unpaired) electrons. The van der Waals surface area contributed by atoms with Crippen LogP contribution in [0.3, 0.4) is 0 Å². The molecule has 0 aromatic heterocycles. The molecule has 812 valence electrons. The van der Waals surface area contributed by atoms with E-state index >= 15 is 0 Å². The van der Waals surface area contributed by atoms with Crippen LogP contribution < -0.4 is 0 Å². The van der Waals surface area contributed by atoms with Crippen LogP contribution in [0.2, 0.25) is 0 Å². The van der Waals surface area contributed by atoms with Gasteiger partial charge in [-0.2, -0.15) is 0 Å². The standard InChI is InChI=1S/C55H80O19.C53H78O18/c1-27(2)36-17-22-55(50(63)72-35(10)62)24-23-53(13)37(42(36)55)15-16-40-51(11)20-19-41(52(12,26-65-29(4)56)39(51)18-21-54(40,53)14)73-48-46(44(69-32(7)59)38(25-64-48)67-30(5)57)74-49-47(71-34(9)61)45(70-33(8)60)43(28(3)66-49)68-31(6)58;1-26(2)34-16-21-53(48(60)61)23-22-51(12)35(40(34)53)14-15-38-49(10)19-18-39(50(11,25-63-28(4)54)37(49)17-20-52(38,51)13)70-46-44(42(67-31(7)57)36(24-62-46)65-29(5)55)71-47-45(69-33(9)59)43(68-32(8)58)41(27(3)64-47)66-30(6)56/h28,36-49H,1,15-26H2,2-14H3;27,34-47H,1,14-25H2,2-13H3,(H,60,61)/t28-,36-,37?,38-,39?,40?,41-,42?,43-,44-,45+,46+,47+,48-,49-,51-,52-,53+,54+,55-;27-,34-,35?,36-,37?,38?,39-,40?,41-,42-,43+,44+,45+,46-,47-,49-,50-,51+,52+,53-/m00/s1. The molecule has 0 spiro atoms. The first-order chi connectivity index (χ1) is 67.6. The molecule has 40 atom stereocenters. The first-order valence-corrected chi connectivity index (χ1v) is 52.1. The maximum Gasteiger partial charge on any atom is 0.320 e. The summed E-state index contributed by atoms with van der Waals surface area (Å²) in [4.78, 5) is 191. The second kappa shape index (κ2) is 43.4. The quantitative estimate of drug-likeness (QED) is 0.0276. The molecule has 37 heteroatoms. The van der Waals surface area contributed by atoms with Crippen LogP contribution in [0, 0.1) is 113 Å². The lowest BCUT2D eigenvalue weighted by Gasteiger charge is -2.73. The second-order valence-electron chi connectivity index (χ2n) is 46.7. The molecule has 0 bridgehead atoms. The molecule has 14 rings (SSSR count). The van der Waals surface area contributed by atoms with Crippen molar-refractivity contribution < 1.29 is 176 Å². The zero-order valence-corrected chi connectivity index (χ0v) is 89.3. The van der Waals surface area contributed by atoms with Gasteiger partial charge in [0.2, 0.25) is 0 Å². The predicted octanol–water partition coefficient (Wildman–Crippen LogP) is 13.6. The van der Waals surface area contributed by atoms with E-state index in [0.717, 1.165) is 129 Å². The number of ether oxygens (including phenoxy) is 21. The fraction of sp³-hybridized carbons (Fsp3) is 0.824. The summed E-state index contributed by atoms with van der Waals surface area (Å²) in [6.45, 7) is 49.8. The van der Waals surface area contributed by atoms with Gasteiger partial charge in [-0.05, 0) is 248 Å². The van der Waals surface area contributed by atoms with Crippen molar-refractivity contribution in [3.8, 4) is 0 Å². The Morgan fingerprint density at radius 3 is 0.959 bits per heavy atom. The summed E-state index contributed by atoms with van der Waals surface area (Å²) in [6, 6.07) is 0. The number of hydrogen-bond donors (Lipinski definition) is 1. The Balaban J connectivity index is 0.000000243. The van der Waals surface area contributed by atoms with E-state index in [-0.39, 0.29) is 118 Å². The number of carboxylic acids is 1. The van der Waals surface area contributed by atoms with Crippen LogP contribution >= 0.6 is 0 Å². The molecule has 14 fully saturated rings. The zero-order valence-electron chi connectivity index (χ0n) is 89.3. The number of allylic oxidation sites excluding steroid dienone is 2. The van der Waals surface area contributed by atoms with Crippen LogP contribution in [0.4, 0.5) is 0 Å². The number of carbonyl (C=O) groups is 15. The molecule has 4 heterocycles. The van der Waals surface area contributed by atoms with E-state index in [4.69, 9.17) is 99.5 Å². The Kier molecular flexibility index (Phi) is 34.0. The van der Waals surface area contributed by atoms with E-state index < -0.39 is 234 Å². The average Bonchev–Trinajstić information content (AvgIpc) is 1.64. The fourth-order valence-electron chi connectivity index (χ4n) is 32.3. The molecule has 0 amide bonds. The maximum absolute atomic E-state index is 14.1. The highest BCUT2D eigenvalue weighted by atomic mass is 16.8. The smallest absolute Gasteiger partial charge is 0.320 e. The molecular formula is C108H158O37. The second-order valence-corrected chi connectivity index (χ2v) is 46.7. The summed E-state index contributed by atoms with van der Waals surface area (Å²) in [5.41, 5.74) is -2.22. The largest absolute Gasteiger partial charge is 0.481 e.